The second-order valence-corrected chi connectivity index (χ2v) is 11.1. The van der Waals surface area contributed by atoms with E-state index in [4.69, 9.17) is 4.74 Å². The molecule has 1 atom stereocenters. The first kappa shape index (κ1) is 27.4. The summed E-state index contributed by atoms with van der Waals surface area (Å²) in [6, 6.07) is 13.3. The lowest BCUT2D eigenvalue weighted by molar-refractivity contribution is -0.123. The third-order valence-electron chi connectivity index (χ3n) is 7.05. The number of ketones is 1. The number of alkyl carbamates (subject to hydrolysis) is 1. The molecule has 1 saturated carbocycles. The van der Waals surface area contributed by atoms with Gasteiger partial charge < -0.3 is 19.9 Å². The molecule has 8 nitrogen and oxygen atoms in total. The lowest BCUT2D eigenvalue weighted by Crippen LogP contribution is -2.54. The van der Waals surface area contributed by atoms with Crippen LogP contribution in [0.4, 0.5) is 16.2 Å². The first-order valence-electron chi connectivity index (χ1n) is 13.4. The van der Waals surface area contributed by atoms with E-state index in [-0.39, 0.29) is 30.7 Å². The number of Topliss-reactive ketones (excluding diaryl/α,β-unsaturated/α-hetero) is 1. The standard InChI is InChI=1S/C30H37N3O5/c1-20-12-8-9-15-22(20)26(34)19-33-25-17-11-10-16-24(25)32(27(35)21-13-6-5-7-14-21)18-23(28(33)36)31-29(37)38-30(2,3)4/h8-12,15-17,21,23H,5-7,13-14,18-19H2,1-4H3,(H,31,37). The van der Waals surface area contributed by atoms with Crippen LogP contribution in [0.5, 0.6) is 0 Å². The van der Waals surface area contributed by atoms with Gasteiger partial charge in [-0.15, -0.1) is 0 Å². The van der Waals surface area contributed by atoms with Crippen LogP contribution in [0.15, 0.2) is 48.5 Å². The number of para-hydroxylation sites is 2. The highest BCUT2D eigenvalue weighted by molar-refractivity contribution is 6.12. The maximum atomic E-state index is 14.0. The third-order valence-corrected chi connectivity index (χ3v) is 7.05. The zero-order chi connectivity index (χ0) is 27.4. The Morgan fingerprint density at radius 1 is 0.947 bits per heavy atom. The molecule has 1 aliphatic carbocycles. The maximum absolute atomic E-state index is 14.0. The van der Waals surface area contributed by atoms with E-state index in [1.807, 2.05) is 25.1 Å². The Morgan fingerprint density at radius 2 is 1.58 bits per heavy atom. The SMILES string of the molecule is Cc1ccccc1C(=O)CN1C(=O)C(NC(=O)OC(C)(C)C)CN(C(=O)C2CCCCC2)c2ccccc21. The Hall–Kier alpha value is -3.68. The van der Waals surface area contributed by atoms with E-state index < -0.39 is 23.6 Å². The van der Waals surface area contributed by atoms with E-state index >= 15 is 0 Å². The number of nitrogens with zero attached hydrogens (tertiary/aromatic N) is 2. The Morgan fingerprint density at radius 3 is 2.24 bits per heavy atom. The van der Waals surface area contributed by atoms with Crippen molar-refractivity contribution in [3.63, 3.8) is 0 Å². The van der Waals surface area contributed by atoms with Crippen molar-refractivity contribution in [3.05, 3.63) is 59.7 Å². The van der Waals surface area contributed by atoms with Gasteiger partial charge in [0.05, 0.1) is 24.5 Å². The first-order chi connectivity index (χ1) is 18.0. The van der Waals surface area contributed by atoms with E-state index in [0.717, 1.165) is 37.7 Å². The molecule has 0 aromatic heterocycles. The van der Waals surface area contributed by atoms with E-state index in [1.165, 1.54) is 4.90 Å². The number of fused-ring (bicyclic) bond motifs is 1. The summed E-state index contributed by atoms with van der Waals surface area (Å²) in [6.45, 7) is 6.80. The second kappa shape index (κ2) is 11.4. The molecule has 2 aliphatic rings. The highest BCUT2D eigenvalue weighted by atomic mass is 16.6. The largest absolute Gasteiger partial charge is 0.444 e. The number of benzene rings is 2. The molecule has 0 radical (unpaired) electrons. The van der Waals surface area contributed by atoms with E-state index in [9.17, 15) is 19.2 Å². The number of amides is 3. The summed E-state index contributed by atoms with van der Waals surface area (Å²) in [7, 11) is 0. The fourth-order valence-electron chi connectivity index (χ4n) is 5.20. The smallest absolute Gasteiger partial charge is 0.408 e. The van der Waals surface area contributed by atoms with E-state index in [1.54, 1.807) is 56.0 Å². The zero-order valence-electron chi connectivity index (χ0n) is 22.7. The van der Waals surface area contributed by atoms with Crippen molar-refractivity contribution in [1.82, 2.24) is 5.32 Å². The summed E-state index contributed by atoms with van der Waals surface area (Å²) in [6.07, 6.45) is 3.92. The molecule has 38 heavy (non-hydrogen) atoms. The van der Waals surface area contributed by atoms with Crippen molar-refractivity contribution in [3.8, 4) is 0 Å². The normalized spacial score (nSPS) is 18.4. The monoisotopic (exact) mass is 519 g/mol. The molecular formula is C30H37N3O5. The molecule has 202 valence electrons. The van der Waals surface area contributed by atoms with Crippen molar-refractivity contribution in [2.75, 3.05) is 22.9 Å². The van der Waals surface area contributed by atoms with Gasteiger partial charge in [-0.05, 0) is 58.2 Å². The lowest BCUT2D eigenvalue weighted by atomic mass is 9.88. The Balaban J connectivity index is 1.73. The van der Waals surface area contributed by atoms with Crippen LogP contribution in [-0.2, 0) is 14.3 Å². The number of nitrogens with one attached hydrogen (secondary N) is 1. The fraction of sp³-hybridized carbons (Fsp3) is 0.467. The highest BCUT2D eigenvalue weighted by Crippen LogP contribution is 2.36. The third kappa shape index (κ3) is 6.23. The van der Waals surface area contributed by atoms with Crippen LogP contribution in [0.2, 0.25) is 0 Å². The van der Waals surface area contributed by atoms with Crippen LogP contribution in [-0.4, -0.2) is 48.4 Å². The number of carbonyl (C=O) groups is 4. The minimum Gasteiger partial charge on any atom is -0.444 e. The predicted molar refractivity (Wildman–Crippen MR) is 146 cm³/mol. The molecule has 3 amide bonds. The molecule has 1 heterocycles. The molecule has 2 aromatic rings. The van der Waals surface area contributed by atoms with Gasteiger partial charge in [-0.3, -0.25) is 14.4 Å². The van der Waals surface area contributed by atoms with Crippen LogP contribution < -0.4 is 15.1 Å². The van der Waals surface area contributed by atoms with Gasteiger partial charge in [-0.2, -0.15) is 0 Å². The van der Waals surface area contributed by atoms with Crippen LogP contribution in [0.3, 0.4) is 0 Å². The second-order valence-electron chi connectivity index (χ2n) is 11.1. The van der Waals surface area contributed by atoms with Crippen LogP contribution >= 0.6 is 0 Å². The molecule has 0 saturated heterocycles. The van der Waals surface area contributed by atoms with Gasteiger partial charge in [-0.1, -0.05) is 55.7 Å². The van der Waals surface area contributed by atoms with Gasteiger partial charge in [0.15, 0.2) is 5.78 Å². The molecule has 4 rings (SSSR count). The molecule has 1 unspecified atom stereocenters. The minimum atomic E-state index is -1.09. The number of aryl methyl sites for hydroxylation is 1. The molecule has 1 fully saturated rings. The van der Waals surface area contributed by atoms with Crippen LogP contribution in [0, 0.1) is 12.8 Å². The van der Waals surface area contributed by atoms with Crippen LogP contribution in [0.25, 0.3) is 0 Å². The summed E-state index contributed by atoms with van der Waals surface area (Å²) < 4.78 is 5.43. The van der Waals surface area contributed by atoms with Crippen molar-refractivity contribution in [2.45, 2.75) is 71.4 Å². The quantitative estimate of drug-likeness (QED) is 0.559. The number of rotatable bonds is 5. The topological polar surface area (TPSA) is 96.0 Å². The molecule has 0 bridgehead atoms. The average Bonchev–Trinajstić information content (AvgIpc) is 2.98. The van der Waals surface area contributed by atoms with Crippen LogP contribution in [0.1, 0.15) is 68.8 Å². The molecule has 1 N–H and O–H groups in total. The summed E-state index contributed by atoms with van der Waals surface area (Å²) in [5.74, 6) is -0.902. The first-order valence-corrected chi connectivity index (χ1v) is 13.4. The van der Waals surface area contributed by atoms with Crippen molar-refractivity contribution in [2.24, 2.45) is 5.92 Å². The molecule has 8 heteroatoms. The van der Waals surface area contributed by atoms with Gasteiger partial charge in [0, 0.05) is 11.5 Å². The van der Waals surface area contributed by atoms with Gasteiger partial charge in [0.25, 0.3) is 5.91 Å². The number of hydrogen-bond acceptors (Lipinski definition) is 5. The zero-order valence-corrected chi connectivity index (χ0v) is 22.7. The summed E-state index contributed by atoms with van der Waals surface area (Å²) in [4.78, 5) is 56.9. The number of carbonyl (C=O) groups excluding carboxylic acids is 4. The van der Waals surface area contributed by atoms with Gasteiger partial charge >= 0.3 is 6.09 Å². The lowest BCUT2D eigenvalue weighted by Gasteiger charge is -2.30. The van der Waals surface area contributed by atoms with Gasteiger partial charge in [-0.25, -0.2) is 4.79 Å². The summed E-state index contributed by atoms with van der Waals surface area (Å²) in [5.41, 5.74) is 1.60. The fourth-order valence-corrected chi connectivity index (χ4v) is 5.20. The highest BCUT2D eigenvalue weighted by Gasteiger charge is 2.40. The maximum Gasteiger partial charge on any atom is 0.408 e. The molecule has 2 aromatic carbocycles. The summed E-state index contributed by atoms with van der Waals surface area (Å²) in [5, 5.41) is 2.68. The molecular weight excluding hydrogens is 482 g/mol. The number of hydrogen-bond donors (Lipinski definition) is 1. The summed E-state index contributed by atoms with van der Waals surface area (Å²) >= 11 is 0. The van der Waals surface area contributed by atoms with E-state index in [0.29, 0.717) is 16.9 Å². The number of ether oxygens (including phenoxy) is 1. The predicted octanol–water partition coefficient (Wildman–Crippen LogP) is 5.03. The van der Waals surface area contributed by atoms with Gasteiger partial charge in [0.2, 0.25) is 5.91 Å². The van der Waals surface area contributed by atoms with E-state index in [2.05, 4.69) is 5.32 Å². The number of anilines is 2. The molecule has 0 spiro atoms. The van der Waals surface area contributed by atoms with Gasteiger partial charge in [0.1, 0.15) is 11.6 Å². The molecule has 1 aliphatic heterocycles. The Labute approximate surface area is 224 Å². The van der Waals surface area contributed by atoms with Crippen molar-refractivity contribution < 1.29 is 23.9 Å². The Bertz CT molecular complexity index is 1210. The minimum absolute atomic E-state index is 0.0422. The van der Waals surface area contributed by atoms with Crippen molar-refractivity contribution in [1.29, 1.82) is 0 Å². The Kier molecular flexibility index (Phi) is 8.19. The average molecular weight is 520 g/mol. The van der Waals surface area contributed by atoms with Crippen molar-refractivity contribution >= 4 is 35.1 Å².